The van der Waals surface area contributed by atoms with Crippen LogP contribution >= 0.6 is 0 Å². The molecule has 3 saturated heterocycles. The first kappa shape index (κ1) is 28.1. The molecule has 0 radical (unpaired) electrons. The molecule has 4 aliphatic heterocycles. The lowest BCUT2D eigenvalue weighted by atomic mass is 9.82. The zero-order valence-corrected chi connectivity index (χ0v) is 25.0. The number of hydrogen-bond acceptors (Lipinski definition) is 6. The molecule has 3 fully saturated rings. The zero-order valence-electron chi connectivity index (χ0n) is 24.0. The van der Waals surface area contributed by atoms with E-state index in [4.69, 9.17) is 4.74 Å². The number of aliphatic hydroxyl groups is 1. The Balaban J connectivity index is 1.42. The number of rotatable bonds is 7. The van der Waals surface area contributed by atoms with Gasteiger partial charge < -0.3 is 29.3 Å². The van der Waals surface area contributed by atoms with Crippen LogP contribution in [-0.2, 0) is 31.3 Å². The summed E-state index contributed by atoms with van der Waals surface area (Å²) < 4.78 is 6.85. The van der Waals surface area contributed by atoms with E-state index in [1.807, 2.05) is 68.5 Å². The van der Waals surface area contributed by atoms with Crippen molar-refractivity contribution in [2.24, 2.45) is 5.92 Å². The molecule has 0 unspecified atom stereocenters. The number of carbonyl (C=O) groups is 3. The van der Waals surface area contributed by atoms with Gasteiger partial charge in [-0.1, -0.05) is 37.3 Å². The van der Waals surface area contributed by atoms with Gasteiger partial charge in [0.05, 0.1) is 37.4 Å². The third-order valence-electron chi connectivity index (χ3n) is 9.60. The van der Waals surface area contributed by atoms with Crippen molar-refractivity contribution in [1.82, 2.24) is 4.90 Å². The molecule has 2 aromatic carbocycles. The summed E-state index contributed by atoms with van der Waals surface area (Å²) in [4.78, 5) is 57.2. The molecule has 3 amide bonds. The SMILES string of the molecule is C[C@H]1[C@H]([Si](C)(C)O)[C@@H](CC(=O)N2CCC[C@H]2CO)O[C@]12C(=O)N(Cc1ccccc1)c1ccc(N3CCC3=O)cc12. The van der Waals surface area contributed by atoms with Crippen molar-refractivity contribution in [2.75, 3.05) is 29.5 Å². The number of hydrogen-bond donors (Lipinski definition) is 2. The third kappa shape index (κ3) is 4.52. The van der Waals surface area contributed by atoms with Crippen LogP contribution in [0.4, 0.5) is 11.4 Å². The maximum Gasteiger partial charge on any atom is 0.264 e. The number of fused-ring (bicyclic) bond motifs is 2. The molecule has 4 heterocycles. The highest BCUT2D eigenvalue weighted by atomic mass is 28.4. The summed E-state index contributed by atoms with van der Waals surface area (Å²) >= 11 is 0. The predicted octanol–water partition coefficient (Wildman–Crippen LogP) is 3.14. The minimum atomic E-state index is -2.95. The second-order valence-corrected chi connectivity index (χ2v) is 16.5. The van der Waals surface area contributed by atoms with E-state index in [1.165, 1.54) is 0 Å². The molecule has 41 heavy (non-hydrogen) atoms. The first-order chi connectivity index (χ1) is 19.6. The van der Waals surface area contributed by atoms with Crippen LogP contribution in [0.1, 0.15) is 43.7 Å². The Morgan fingerprint density at radius 2 is 1.88 bits per heavy atom. The average Bonchev–Trinajstić information content (AvgIpc) is 3.59. The number of anilines is 2. The van der Waals surface area contributed by atoms with E-state index in [0.29, 0.717) is 31.6 Å². The van der Waals surface area contributed by atoms with Crippen molar-refractivity contribution in [3.05, 3.63) is 59.7 Å². The van der Waals surface area contributed by atoms with Crippen molar-refractivity contribution in [3.8, 4) is 0 Å². The number of amides is 3. The van der Waals surface area contributed by atoms with E-state index >= 15 is 0 Å². The number of nitrogens with zero attached hydrogens (tertiary/aromatic N) is 3. The lowest BCUT2D eigenvalue weighted by Crippen LogP contribution is -2.46. The molecule has 2 N–H and O–H groups in total. The fraction of sp³-hybridized carbons (Fsp3) is 0.516. The van der Waals surface area contributed by atoms with Crippen LogP contribution in [0.15, 0.2) is 48.5 Å². The molecule has 6 rings (SSSR count). The molecular formula is C31H39N3O6Si. The van der Waals surface area contributed by atoms with Crippen LogP contribution in [0.3, 0.4) is 0 Å². The van der Waals surface area contributed by atoms with Gasteiger partial charge in [-0.3, -0.25) is 14.4 Å². The van der Waals surface area contributed by atoms with Gasteiger partial charge in [0.2, 0.25) is 11.8 Å². The Morgan fingerprint density at radius 1 is 1.12 bits per heavy atom. The van der Waals surface area contributed by atoms with Crippen LogP contribution in [0, 0.1) is 5.92 Å². The highest BCUT2D eigenvalue weighted by Gasteiger charge is 2.66. The highest BCUT2D eigenvalue weighted by Crippen LogP contribution is 2.60. The van der Waals surface area contributed by atoms with Crippen molar-refractivity contribution >= 4 is 37.4 Å². The number of ether oxygens (including phenoxy) is 1. The smallest absolute Gasteiger partial charge is 0.264 e. The summed E-state index contributed by atoms with van der Waals surface area (Å²) in [5.74, 6) is -0.693. The topological polar surface area (TPSA) is 111 Å². The highest BCUT2D eigenvalue weighted by molar-refractivity contribution is 6.71. The molecule has 1 spiro atoms. The Morgan fingerprint density at radius 3 is 2.51 bits per heavy atom. The molecule has 2 aromatic rings. The van der Waals surface area contributed by atoms with Crippen molar-refractivity contribution in [2.45, 2.75) is 75.5 Å². The van der Waals surface area contributed by atoms with Gasteiger partial charge in [-0.2, -0.15) is 0 Å². The van der Waals surface area contributed by atoms with E-state index < -0.39 is 25.9 Å². The molecule has 0 saturated carbocycles. The van der Waals surface area contributed by atoms with E-state index in [-0.39, 0.29) is 42.3 Å². The number of benzene rings is 2. The first-order valence-electron chi connectivity index (χ1n) is 14.7. The Labute approximate surface area is 241 Å². The standard InChI is InChI=1S/C31H39N3O6Si/c1-20-29(41(2,3)39)26(17-28(37)32-14-7-10-23(32)19-35)40-31(20)24-16-22(33-15-13-27(33)36)11-12-25(24)34(30(31)38)18-21-8-5-4-6-9-21/h4-6,8-9,11-12,16,20,23,26,29,35,39H,7,10,13-15,17-19H2,1-3H3/t20-,23-,26+,29-,31+/m0/s1. The van der Waals surface area contributed by atoms with Crippen LogP contribution in [0.25, 0.3) is 0 Å². The van der Waals surface area contributed by atoms with E-state index in [0.717, 1.165) is 29.8 Å². The fourth-order valence-electron chi connectivity index (χ4n) is 7.59. The Hall–Kier alpha value is -3.05. The first-order valence-corrected chi connectivity index (χ1v) is 17.7. The zero-order chi connectivity index (χ0) is 29.1. The lowest BCUT2D eigenvalue weighted by molar-refractivity contribution is -0.150. The fourth-order valence-corrected chi connectivity index (χ4v) is 10.1. The van der Waals surface area contributed by atoms with Gasteiger partial charge in [0, 0.05) is 42.2 Å². The largest absolute Gasteiger partial charge is 0.432 e. The van der Waals surface area contributed by atoms with Crippen molar-refractivity contribution in [1.29, 1.82) is 0 Å². The summed E-state index contributed by atoms with van der Waals surface area (Å²) in [7, 11) is -2.95. The molecule has 0 bridgehead atoms. The van der Waals surface area contributed by atoms with Gasteiger partial charge in [0.25, 0.3) is 5.91 Å². The number of carbonyl (C=O) groups excluding carboxylic acids is 3. The van der Waals surface area contributed by atoms with Crippen molar-refractivity contribution < 1.29 is 29.0 Å². The minimum Gasteiger partial charge on any atom is -0.432 e. The molecule has 0 aromatic heterocycles. The lowest BCUT2D eigenvalue weighted by Gasteiger charge is -2.34. The Kier molecular flexibility index (Phi) is 7.08. The van der Waals surface area contributed by atoms with E-state index in [9.17, 15) is 24.3 Å². The predicted molar refractivity (Wildman–Crippen MR) is 157 cm³/mol. The number of aliphatic hydroxyl groups excluding tert-OH is 1. The van der Waals surface area contributed by atoms with Gasteiger partial charge in [0.15, 0.2) is 13.9 Å². The summed E-state index contributed by atoms with van der Waals surface area (Å²) in [6.45, 7) is 7.13. The molecule has 5 atom stereocenters. The van der Waals surface area contributed by atoms with Gasteiger partial charge in [-0.05, 0) is 49.7 Å². The summed E-state index contributed by atoms with van der Waals surface area (Å²) in [5.41, 5.74) is 1.34. The summed E-state index contributed by atoms with van der Waals surface area (Å²) in [5, 5.41) is 9.81. The normalized spacial score (nSPS) is 29.4. The maximum atomic E-state index is 14.6. The summed E-state index contributed by atoms with van der Waals surface area (Å²) in [6.07, 6.45) is 1.47. The van der Waals surface area contributed by atoms with Crippen LogP contribution < -0.4 is 9.80 Å². The van der Waals surface area contributed by atoms with Gasteiger partial charge >= 0.3 is 0 Å². The van der Waals surface area contributed by atoms with Gasteiger partial charge in [0.1, 0.15) is 0 Å². The summed E-state index contributed by atoms with van der Waals surface area (Å²) in [6, 6.07) is 15.2. The molecule has 10 heteroatoms. The monoisotopic (exact) mass is 577 g/mol. The Bertz CT molecular complexity index is 1360. The molecular weight excluding hydrogens is 538 g/mol. The molecule has 218 valence electrons. The van der Waals surface area contributed by atoms with Crippen LogP contribution in [-0.4, -0.2) is 72.7 Å². The van der Waals surface area contributed by atoms with E-state index in [1.54, 1.807) is 14.7 Å². The van der Waals surface area contributed by atoms with Crippen LogP contribution in [0.2, 0.25) is 18.6 Å². The number of likely N-dealkylation sites (tertiary alicyclic amines) is 1. The van der Waals surface area contributed by atoms with Gasteiger partial charge in [-0.25, -0.2) is 0 Å². The third-order valence-corrected chi connectivity index (χ3v) is 12.1. The van der Waals surface area contributed by atoms with Crippen molar-refractivity contribution in [3.63, 3.8) is 0 Å². The van der Waals surface area contributed by atoms with Crippen LogP contribution in [0.5, 0.6) is 0 Å². The van der Waals surface area contributed by atoms with Gasteiger partial charge in [-0.15, -0.1) is 0 Å². The second-order valence-electron chi connectivity index (χ2n) is 12.5. The number of β-lactam (4-membered cyclic amide) rings is 1. The van der Waals surface area contributed by atoms with E-state index in [2.05, 4.69) is 0 Å². The molecule has 4 aliphatic rings. The molecule has 9 nitrogen and oxygen atoms in total. The minimum absolute atomic E-state index is 0.0375. The quantitative estimate of drug-likeness (QED) is 0.387. The maximum absolute atomic E-state index is 14.6. The second kappa shape index (κ2) is 10.3. The molecule has 0 aliphatic carbocycles. The average molecular weight is 578 g/mol.